The Hall–Kier alpha value is -1.10. The molecule has 0 unspecified atom stereocenters. The molecule has 1 atom stereocenters. The number of esters is 2. The van der Waals surface area contributed by atoms with Crippen molar-refractivity contribution in [2.24, 2.45) is 0 Å². The molecule has 0 fully saturated rings. The van der Waals surface area contributed by atoms with Gasteiger partial charge in [0, 0.05) is 12.8 Å². The maximum atomic E-state index is 12.0. The first kappa shape index (κ1) is 36.9. The van der Waals surface area contributed by atoms with Crippen molar-refractivity contribution in [3.8, 4) is 0 Å². The average Bonchev–Trinajstić information content (AvgIpc) is 2.92. The Balaban J connectivity index is 3.47. The third-order valence-corrected chi connectivity index (χ3v) is 7.40. The lowest BCUT2D eigenvalue weighted by molar-refractivity contribution is -0.161. The molecule has 0 saturated carbocycles. The van der Waals surface area contributed by atoms with Crippen LogP contribution in [0.25, 0.3) is 0 Å². The van der Waals surface area contributed by atoms with Crippen molar-refractivity contribution < 1.29 is 24.2 Å². The standard InChI is InChI=1S/C33H64O5/c1-3-5-7-9-11-12-13-14-15-16-17-18-19-20-22-23-25-27-32(35)37-30-31(29-34)38-33(36)28-26-24-21-10-8-6-4-2/h31,34H,3-30H2,1-2H3/t31-/m0/s1. The third kappa shape index (κ3) is 27.9. The van der Waals surface area contributed by atoms with E-state index in [1.165, 1.54) is 122 Å². The van der Waals surface area contributed by atoms with E-state index < -0.39 is 6.10 Å². The van der Waals surface area contributed by atoms with Crippen molar-refractivity contribution in [3.63, 3.8) is 0 Å². The van der Waals surface area contributed by atoms with Gasteiger partial charge in [-0.2, -0.15) is 0 Å². The Morgan fingerprint density at radius 1 is 0.500 bits per heavy atom. The van der Waals surface area contributed by atoms with E-state index in [1.807, 2.05) is 0 Å². The van der Waals surface area contributed by atoms with Gasteiger partial charge in [0.15, 0.2) is 6.10 Å². The number of aliphatic hydroxyl groups is 1. The topological polar surface area (TPSA) is 72.8 Å². The maximum absolute atomic E-state index is 12.0. The monoisotopic (exact) mass is 540 g/mol. The van der Waals surface area contributed by atoms with Crippen molar-refractivity contribution in [2.45, 2.75) is 187 Å². The van der Waals surface area contributed by atoms with E-state index in [4.69, 9.17) is 9.47 Å². The van der Waals surface area contributed by atoms with Gasteiger partial charge in [-0.1, -0.05) is 155 Å². The number of carbonyl (C=O) groups excluding carboxylic acids is 2. The number of ether oxygens (including phenoxy) is 2. The molecule has 0 heterocycles. The molecule has 1 N–H and O–H groups in total. The number of hydrogen-bond acceptors (Lipinski definition) is 5. The average molecular weight is 541 g/mol. The molecule has 0 aliphatic carbocycles. The SMILES string of the molecule is CCCCCCCCCCCCCCCCCCCC(=O)OC[C@H](CO)OC(=O)CCCCCCCCC. The van der Waals surface area contributed by atoms with Gasteiger partial charge in [-0.15, -0.1) is 0 Å². The second kappa shape index (κ2) is 30.4. The van der Waals surface area contributed by atoms with E-state index in [0.717, 1.165) is 32.1 Å². The zero-order valence-corrected chi connectivity index (χ0v) is 25.5. The lowest BCUT2D eigenvalue weighted by atomic mass is 10.0. The molecule has 0 aliphatic rings. The summed E-state index contributed by atoms with van der Waals surface area (Å²) < 4.78 is 10.5. The minimum absolute atomic E-state index is 0.0585. The lowest BCUT2D eigenvalue weighted by Crippen LogP contribution is -2.28. The van der Waals surface area contributed by atoms with Gasteiger partial charge in [-0.25, -0.2) is 0 Å². The van der Waals surface area contributed by atoms with Crippen LogP contribution < -0.4 is 0 Å². The summed E-state index contributed by atoms with van der Waals surface area (Å²) in [4.78, 5) is 23.9. The third-order valence-electron chi connectivity index (χ3n) is 7.40. The summed E-state index contributed by atoms with van der Waals surface area (Å²) in [5.41, 5.74) is 0. The summed E-state index contributed by atoms with van der Waals surface area (Å²) in [6.07, 6.45) is 30.3. The first-order chi connectivity index (χ1) is 18.6. The smallest absolute Gasteiger partial charge is 0.306 e. The van der Waals surface area contributed by atoms with Crippen LogP contribution in [0.4, 0.5) is 0 Å². The van der Waals surface area contributed by atoms with Crippen molar-refractivity contribution >= 4 is 11.9 Å². The highest BCUT2D eigenvalue weighted by Crippen LogP contribution is 2.15. The summed E-state index contributed by atoms with van der Waals surface area (Å²) in [5, 5.41) is 9.44. The molecule has 5 nitrogen and oxygen atoms in total. The molecule has 0 spiro atoms. The van der Waals surface area contributed by atoms with E-state index in [1.54, 1.807) is 0 Å². The molecule has 5 heteroatoms. The Kier molecular flexibility index (Phi) is 29.6. The highest BCUT2D eigenvalue weighted by molar-refractivity contribution is 5.70. The van der Waals surface area contributed by atoms with Gasteiger partial charge in [-0.05, 0) is 12.8 Å². The van der Waals surface area contributed by atoms with Crippen LogP contribution in [0.15, 0.2) is 0 Å². The van der Waals surface area contributed by atoms with Gasteiger partial charge in [-0.3, -0.25) is 9.59 Å². The fourth-order valence-electron chi connectivity index (χ4n) is 4.85. The second-order valence-electron chi connectivity index (χ2n) is 11.3. The van der Waals surface area contributed by atoms with Gasteiger partial charge in [0.25, 0.3) is 0 Å². The van der Waals surface area contributed by atoms with E-state index in [9.17, 15) is 14.7 Å². The van der Waals surface area contributed by atoms with Crippen molar-refractivity contribution in [1.29, 1.82) is 0 Å². The normalized spacial score (nSPS) is 12.0. The molecule has 0 aromatic rings. The fraction of sp³-hybridized carbons (Fsp3) is 0.939. The Morgan fingerprint density at radius 3 is 1.16 bits per heavy atom. The van der Waals surface area contributed by atoms with Crippen LogP contribution in [0.1, 0.15) is 181 Å². The summed E-state index contributed by atoms with van der Waals surface area (Å²) in [6, 6.07) is 0. The Bertz CT molecular complexity index is 508. The van der Waals surface area contributed by atoms with Crippen LogP contribution in [0.5, 0.6) is 0 Å². The van der Waals surface area contributed by atoms with E-state index in [0.29, 0.717) is 12.8 Å². The van der Waals surface area contributed by atoms with Crippen LogP contribution in [0, 0.1) is 0 Å². The van der Waals surface area contributed by atoms with E-state index >= 15 is 0 Å². The van der Waals surface area contributed by atoms with Crippen LogP contribution in [-0.2, 0) is 19.1 Å². The van der Waals surface area contributed by atoms with Crippen LogP contribution in [-0.4, -0.2) is 36.4 Å². The maximum Gasteiger partial charge on any atom is 0.306 e. The largest absolute Gasteiger partial charge is 0.462 e. The number of unbranched alkanes of at least 4 members (excludes halogenated alkanes) is 22. The predicted molar refractivity (Wildman–Crippen MR) is 159 cm³/mol. The zero-order chi connectivity index (χ0) is 27.9. The summed E-state index contributed by atoms with van der Waals surface area (Å²) in [6.45, 7) is 4.09. The molecule has 226 valence electrons. The Morgan fingerprint density at radius 2 is 0.816 bits per heavy atom. The minimum Gasteiger partial charge on any atom is -0.462 e. The molecule has 0 aromatic carbocycles. The number of hydrogen-bond donors (Lipinski definition) is 1. The summed E-state index contributed by atoms with van der Waals surface area (Å²) in [5.74, 6) is -0.589. The molecule has 0 amide bonds. The van der Waals surface area contributed by atoms with Crippen molar-refractivity contribution in [3.05, 3.63) is 0 Å². The van der Waals surface area contributed by atoms with Gasteiger partial charge >= 0.3 is 11.9 Å². The van der Waals surface area contributed by atoms with Gasteiger partial charge in [0.2, 0.25) is 0 Å². The van der Waals surface area contributed by atoms with E-state index in [2.05, 4.69) is 13.8 Å². The highest BCUT2D eigenvalue weighted by atomic mass is 16.6. The first-order valence-corrected chi connectivity index (χ1v) is 16.6. The highest BCUT2D eigenvalue weighted by Gasteiger charge is 2.16. The van der Waals surface area contributed by atoms with Crippen LogP contribution >= 0.6 is 0 Å². The molecular formula is C33H64O5. The molecule has 0 saturated heterocycles. The molecule has 38 heavy (non-hydrogen) atoms. The molecule has 0 radical (unpaired) electrons. The quantitative estimate of drug-likeness (QED) is 0.0725. The first-order valence-electron chi connectivity index (χ1n) is 16.6. The summed E-state index contributed by atoms with van der Waals surface area (Å²) >= 11 is 0. The molecule has 0 bridgehead atoms. The number of carbonyl (C=O) groups is 2. The Labute approximate surface area is 236 Å². The van der Waals surface area contributed by atoms with Crippen molar-refractivity contribution in [2.75, 3.05) is 13.2 Å². The summed E-state index contributed by atoms with van der Waals surface area (Å²) in [7, 11) is 0. The second-order valence-corrected chi connectivity index (χ2v) is 11.3. The minimum atomic E-state index is -0.758. The van der Waals surface area contributed by atoms with Gasteiger partial charge < -0.3 is 14.6 Å². The molecule has 0 aromatic heterocycles. The molecular weight excluding hydrogens is 476 g/mol. The van der Waals surface area contributed by atoms with Gasteiger partial charge in [0.05, 0.1) is 6.61 Å². The fourth-order valence-corrected chi connectivity index (χ4v) is 4.85. The van der Waals surface area contributed by atoms with Crippen LogP contribution in [0.2, 0.25) is 0 Å². The predicted octanol–water partition coefficient (Wildman–Crippen LogP) is 9.62. The molecule has 0 aliphatic heterocycles. The lowest BCUT2D eigenvalue weighted by Gasteiger charge is -2.15. The van der Waals surface area contributed by atoms with E-state index in [-0.39, 0.29) is 25.2 Å². The van der Waals surface area contributed by atoms with Gasteiger partial charge in [0.1, 0.15) is 6.61 Å². The number of aliphatic hydroxyl groups excluding tert-OH is 1. The zero-order valence-electron chi connectivity index (χ0n) is 25.5. The van der Waals surface area contributed by atoms with Crippen molar-refractivity contribution in [1.82, 2.24) is 0 Å². The molecule has 0 rings (SSSR count). The van der Waals surface area contributed by atoms with Crippen LogP contribution in [0.3, 0.4) is 0 Å². The number of rotatable bonds is 30.